The van der Waals surface area contributed by atoms with E-state index in [9.17, 15) is 4.79 Å². The van der Waals surface area contributed by atoms with Crippen LogP contribution in [-0.4, -0.2) is 16.1 Å². The van der Waals surface area contributed by atoms with Gasteiger partial charge in [0.15, 0.2) is 11.5 Å². The van der Waals surface area contributed by atoms with Gasteiger partial charge in [-0.25, -0.2) is 0 Å². The van der Waals surface area contributed by atoms with Crippen LogP contribution in [0, 0.1) is 11.3 Å². The fraction of sp³-hybridized carbons (Fsp3) is 0. The SMILES string of the molecule is N#Cc1ccc(NC(=O)c2ccc(Nc3ccc(Cl)c(Cl)c3)nn2)cc1. The van der Waals surface area contributed by atoms with E-state index in [0.717, 1.165) is 0 Å². The Morgan fingerprint density at radius 2 is 1.65 bits per heavy atom. The Kier molecular flexibility index (Phi) is 5.32. The maximum Gasteiger partial charge on any atom is 0.276 e. The third-order valence-corrected chi connectivity index (χ3v) is 4.10. The van der Waals surface area contributed by atoms with Crippen LogP contribution in [0.15, 0.2) is 54.6 Å². The molecule has 0 aliphatic carbocycles. The minimum atomic E-state index is -0.400. The lowest BCUT2D eigenvalue weighted by Gasteiger charge is -2.07. The first-order valence-corrected chi connectivity index (χ1v) is 8.18. The standard InChI is InChI=1S/C18H11Cl2N5O/c19-14-6-5-13(9-15(14)20)22-17-8-7-16(24-25-17)18(26)23-12-3-1-11(10-21)2-4-12/h1-9H,(H,22,25)(H,23,26). The molecule has 0 atom stereocenters. The molecule has 1 heterocycles. The van der Waals surface area contributed by atoms with Gasteiger partial charge in [0.1, 0.15) is 0 Å². The van der Waals surface area contributed by atoms with Crippen molar-refractivity contribution in [3.8, 4) is 6.07 Å². The molecular weight excluding hydrogens is 373 g/mol. The van der Waals surface area contributed by atoms with Crippen molar-refractivity contribution in [2.24, 2.45) is 0 Å². The van der Waals surface area contributed by atoms with Crippen molar-refractivity contribution in [2.75, 3.05) is 10.6 Å². The van der Waals surface area contributed by atoms with Crippen molar-refractivity contribution in [3.63, 3.8) is 0 Å². The molecule has 26 heavy (non-hydrogen) atoms. The van der Waals surface area contributed by atoms with Gasteiger partial charge in [0, 0.05) is 11.4 Å². The maximum absolute atomic E-state index is 12.2. The Bertz CT molecular complexity index is 982. The average molecular weight is 384 g/mol. The predicted molar refractivity (Wildman–Crippen MR) is 101 cm³/mol. The van der Waals surface area contributed by atoms with Crippen LogP contribution >= 0.6 is 23.2 Å². The van der Waals surface area contributed by atoms with Crippen LogP contribution in [0.5, 0.6) is 0 Å². The van der Waals surface area contributed by atoms with Crippen molar-refractivity contribution in [2.45, 2.75) is 0 Å². The van der Waals surface area contributed by atoms with Gasteiger partial charge in [-0.2, -0.15) is 5.26 Å². The van der Waals surface area contributed by atoms with Crippen molar-refractivity contribution >= 4 is 46.3 Å². The van der Waals surface area contributed by atoms with Gasteiger partial charge in [-0.05, 0) is 54.6 Å². The third kappa shape index (κ3) is 4.28. The van der Waals surface area contributed by atoms with Crippen LogP contribution in [0.3, 0.4) is 0 Å². The molecule has 3 aromatic rings. The van der Waals surface area contributed by atoms with E-state index in [1.54, 1.807) is 54.6 Å². The minimum absolute atomic E-state index is 0.161. The second kappa shape index (κ2) is 7.83. The highest BCUT2D eigenvalue weighted by molar-refractivity contribution is 6.42. The van der Waals surface area contributed by atoms with Gasteiger partial charge in [-0.1, -0.05) is 23.2 Å². The van der Waals surface area contributed by atoms with E-state index in [4.69, 9.17) is 28.5 Å². The number of carbonyl (C=O) groups is 1. The molecular formula is C18H11Cl2N5O. The Labute approximate surface area is 159 Å². The number of aromatic nitrogens is 2. The van der Waals surface area contributed by atoms with Crippen LogP contribution in [-0.2, 0) is 0 Å². The summed E-state index contributed by atoms with van der Waals surface area (Å²) in [6.45, 7) is 0. The molecule has 3 rings (SSSR count). The van der Waals surface area contributed by atoms with E-state index in [1.807, 2.05) is 6.07 Å². The third-order valence-electron chi connectivity index (χ3n) is 3.36. The van der Waals surface area contributed by atoms with E-state index < -0.39 is 5.91 Å². The molecule has 0 saturated heterocycles. The number of nitrogens with zero attached hydrogens (tertiary/aromatic N) is 3. The molecule has 1 aromatic heterocycles. The highest BCUT2D eigenvalue weighted by Gasteiger charge is 2.09. The van der Waals surface area contributed by atoms with Gasteiger partial charge in [0.05, 0.1) is 21.7 Å². The van der Waals surface area contributed by atoms with Crippen LogP contribution in [0.25, 0.3) is 0 Å². The summed E-state index contributed by atoms with van der Waals surface area (Å²) in [6.07, 6.45) is 0. The number of anilines is 3. The Hall–Kier alpha value is -3.14. The van der Waals surface area contributed by atoms with Crippen LogP contribution in [0.1, 0.15) is 16.1 Å². The molecule has 2 N–H and O–H groups in total. The topological polar surface area (TPSA) is 90.7 Å². The fourth-order valence-corrected chi connectivity index (χ4v) is 2.36. The monoisotopic (exact) mass is 383 g/mol. The number of hydrogen-bond acceptors (Lipinski definition) is 5. The molecule has 1 amide bonds. The summed E-state index contributed by atoms with van der Waals surface area (Å²) in [4.78, 5) is 12.2. The van der Waals surface area contributed by atoms with Gasteiger partial charge in [-0.15, -0.1) is 10.2 Å². The van der Waals surface area contributed by atoms with Crippen molar-refractivity contribution in [3.05, 3.63) is 75.9 Å². The molecule has 0 saturated carbocycles. The summed E-state index contributed by atoms with van der Waals surface area (Å²) in [5, 5.41) is 23.2. The molecule has 0 fully saturated rings. The van der Waals surface area contributed by atoms with E-state index in [-0.39, 0.29) is 5.69 Å². The number of halogens is 2. The molecule has 0 radical (unpaired) electrons. The number of carbonyl (C=O) groups excluding carboxylic acids is 1. The highest BCUT2D eigenvalue weighted by Crippen LogP contribution is 2.26. The molecule has 128 valence electrons. The van der Waals surface area contributed by atoms with Gasteiger partial charge in [0.2, 0.25) is 0 Å². The smallest absolute Gasteiger partial charge is 0.276 e. The Morgan fingerprint density at radius 1 is 0.923 bits per heavy atom. The van der Waals surface area contributed by atoms with Gasteiger partial charge in [0.25, 0.3) is 5.91 Å². The number of nitriles is 1. The van der Waals surface area contributed by atoms with Crippen LogP contribution < -0.4 is 10.6 Å². The Balaban J connectivity index is 1.67. The molecule has 0 bridgehead atoms. The first-order valence-electron chi connectivity index (χ1n) is 7.42. The summed E-state index contributed by atoms with van der Waals surface area (Å²) in [6, 6.07) is 16.8. The second-order valence-corrected chi connectivity index (χ2v) is 6.02. The summed E-state index contributed by atoms with van der Waals surface area (Å²) >= 11 is 11.8. The second-order valence-electron chi connectivity index (χ2n) is 5.20. The molecule has 0 spiro atoms. The van der Waals surface area contributed by atoms with Crippen molar-refractivity contribution in [1.29, 1.82) is 5.26 Å². The average Bonchev–Trinajstić information content (AvgIpc) is 2.66. The van der Waals surface area contributed by atoms with E-state index in [2.05, 4.69) is 20.8 Å². The number of nitrogens with one attached hydrogen (secondary N) is 2. The van der Waals surface area contributed by atoms with E-state index >= 15 is 0 Å². The summed E-state index contributed by atoms with van der Waals surface area (Å²) < 4.78 is 0. The lowest BCUT2D eigenvalue weighted by Crippen LogP contribution is -2.14. The number of hydrogen-bond donors (Lipinski definition) is 2. The van der Waals surface area contributed by atoms with E-state index in [1.165, 1.54) is 0 Å². The van der Waals surface area contributed by atoms with Gasteiger partial charge in [-0.3, -0.25) is 4.79 Å². The maximum atomic E-state index is 12.2. The molecule has 0 aliphatic rings. The molecule has 0 aliphatic heterocycles. The van der Waals surface area contributed by atoms with Crippen LogP contribution in [0.2, 0.25) is 10.0 Å². The largest absolute Gasteiger partial charge is 0.339 e. The van der Waals surface area contributed by atoms with E-state index in [0.29, 0.717) is 32.8 Å². The highest BCUT2D eigenvalue weighted by atomic mass is 35.5. The predicted octanol–water partition coefficient (Wildman–Crippen LogP) is 4.65. The first kappa shape index (κ1) is 17.7. The Morgan fingerprint density at radius 3 is 2.27 bits per heavy atom. The van der Waals surface area contributed by atoms with Crippen molar-refractivity contribution < 1.29 is 4.79 Å². The van der Waals surface area contributed by atoms with Crippen LogP contribution in [0.4, 0.5) is 17.2 Å². The zero-order chi connectivity index (χ0) is 18.5. The number of amides is 1. The molecule has 2 aromatic carbocycles. The normalized spacial score (nSPS) is 10.0. The minimum Gasteiger partial charge on any atom is -0.339 e. The van der Waals surface area contributed by atoms with Gasteiger partial charge < -0.3 is 10.6 Å². The fourth-order valence-electron chi connectivity index (χ4n) is 2.07. The zero-order valence-corrected chi connectivity index (χ0v) is 14.7. The number of rotatable bonds is 4. The lowest BCUT2D eigenvalue weighted by atomic mass is 10.2. The summed E-state index contributed by atoms with van der Waals surface area (Å²) in [7, 11) is 0. The lowest BCUT2D eigenvalue weighted by molar-refractivity contribution is 0.102. The molecule has 8 heteroatoms. The van der Waals surface area contributed by atoms with Crippen molar-refractivity contribution in [1.82, 2.24) is 10.2 Å². The molecule has 6 nitrogen and oxygen atoms in total. The number of benzene rings is 2. The molecule has 0 unspecified atom stereocenters. The van der Waals surface area contributed by atoms with Gasteiger partial charge >= 0.3 is 0 Å². The zero-order valence-electron chi connectivity index (χ0n) is 13.2. The summed E-state index contributed by atoms with van der Waals surface area (Å²) in [5.41, 5.74) is 1.94. The quantitative estimate of drug-likeness (QED) is 0.683. The summed E-state index contributed by atoms with van der Waals surface area (Å²) in [5.74, 6) is 0.0570. The first-order chi connectivity index (χ1) is 12.5.